The average Bonchev–Trinajstić information content (AvgIpc) is 3.26. The number of carbonyl (C=O) groups is 2. The van der Waals surface area contributed by atoms with E-state index in [2.05, 4.69) is 15.6 Å². The number of carbonyl (C=O) groups excluding carboxylic acids is 1. The number of aromatic nitrogens is 1. The van der Waals surface area contributed by atoms with Crippen molar-refractivity contribution < 1.29 is 19.1 Å². The molecule has 7 nitrogen and oxygen atoms in total. The van der Waals surface area contributed by atoms with E-state index < -0.39 is 12.0 Å². The minimum atomic E-state index is -1.01. The molecule has 0 aliphatic carbocycles. The van der Waals surface area contributed by atoms with Crippen molar-refractivity contribution in [2.24, 2.45) is 0 Å². The fraction of sp³-hybridized carbons (Fsp3) is 0.207. The number of benzene rings is 3. The van der Waals surface area contributed by atoms with Crippen LogP contribution in [0.25, 0.3) is 16.7 Å². The third kappa shape index (κ3) is 4.78. The van der Waals surface area contributed by atoms with Gasteiger partial charge >= 0.3 is 5.97 Å². The van der Waals surface area contributed by atoms with Gasteiger partial charge in [-0.3, -0.25) is 4.79 Å². The lowest BCUT2D eigenvalue weighted by Crippen LogP contribution is -2.36. The molecule has 5 rings (SSSR count). The van der Waals surface area contributed by atoms with Gasteiger partial charge in [-0.05, 0) is 71.9 Å². The Bertz CT molecular complexity index is 1500. The summed E-state index contributed by atoms with van der Waals surface area (Å²) in [5, 5.41) is 15.8. The first kappa shape index (κ1) is 23.5. The highest BCUT2D eigenvalue weighted by Crippen LogP contribution is 2.32. The SMILES string of the molecule is C/C(=C/C(=O)O)c1cccc2c1C(C(=O)Cc1ccc3nc(Nc4ccccc4C)oc3c1)NCC2. The predicted octanol–water partition coefficient (Wildman–Crippen LogP) is 5.37. The molecule has 4 aromatic rings. The van der Waals surface area contributed by atoms with Crippen molar-refractivity contribution in [1.29, 1.82) is 0 Å². The Balaban J connectivity index is 1.40. The second kappa shape index (κ2) is 9.79. The van der Waals surface area contributed by atoms with Crippen LogP contribution in [0.15, 0.2) is 71.2 Å². The zero-order valence-electron chi connectivity index (χ0n) is 20.2. The topological polar surface area (TPSA) is 104 Å². The monoisotopic (exact) mass is 481 g/mol. The number of aliphatic carboxylic acids is 1. The zero-order valence-corrected chi connectivity index (χ0v) is 20.2. The summed E-state index contributed by atoms with van der Waals surface area (Å²) in [6, 6.07) is 19.2. The number of ketones is 1. The normalized spacial score (nSPS) is 15.5. The largest absolute Gasteiger partial charge is 0.478 e. The molecule has 0 spiro atoms. The first-order chi connectivity index (χ1) is 17.4. The van der Waals surface area contributed by atoms with Crippen molar-refractivity contribution in [3.8, 4) is 0 Å². The number of hydrogen-bond acceptors (Lipinski definition) is 6. The Hall–Kier alpha value is -4.23. The summed E-state index contributed by atoms with van der Waals surface area (Å²) in [4.78, 5) is 29.3. The minimum absolute atomic E-state index is 0.0173. The van der Waals surface area contributed by atoms with E-state index in [1.54, 1.807) is 6.92 Å². The van der Waals surface area contributed by atoms with Gasteiger partial charge in [0.1, 0.15) is 5.52 Å². The number of oxazole rings is 1. The molecule has 1 aromatic heterocycles. The maximum Gasteiger partial charge on any atom is 0.328 e. The van der Waals surface area contributed by atoms with Crippen LogP contribution < -0.4 is 10.6 Å². The maximum atomic E-state index is 13.5. The predicted molar refractivity (Wildman–Crippen MR) is 139 cm³/mol. The molecule has 182 valence electrons. The summed E-state index contributed by atoms with van der Waals surface area (Å²) in [6.07, 6.45) is 2.18. The second-order valence-corrected chi connectivity index (χ2v) is 9.09. The van der Waals surface area contributed by atoms with Gasteiger partial charge in [0.15, 0.2) is 11.4 Å². The lowest BCUT2D eigenvalue weighted by Gasteiger charge is -2.28. The summed E-state index contributed by atoms with van der Waals surface area (Å²) in [5.41, 5.74) is 7.50. The first-order valence-electron chi connectivity index (χ1n) is 11.9. The number of hydrogen-bond donors (Lipinski definition) is 3. The number of carboxylic acid groups (broad SMARTS) is 1. The van der Waals surface area contributed by atoms with Crippen LogP contribution in [0.5, 0.6) is 0 Å². The standard InChI is InChI=1S/C29H27N3O4/c1-17-6-3-4-9-22(17)31-29-32-23-11-10-19(16-25(23)36-29)15-24(33)28-27-20(12-13-30-28)7-5-8-21(27)18(2)14-26(34)35/h3-11,14,16,28,30H,12-13,15H2,1-2H3,(H,31,32)(H,34,35)/b18-14-. The molecule has 2 heterocycles. The molecule has 0 fully saturated rings. The van der Waals surface area contributed by atoms with Gasteiger partial charge in [0.2, 0.25) is 0 Å². The van der Waals surface area contributed by atoms with Crippen LogP contribution >= 0.6 is 0 Å². The summed E-state index contributed by atoms with van der Waals surface area (Å²) >= 11 is 0. The smallest absolute Gasteiger partial charge is 0.328 e. The van der Waals surface area contributed by atoms with E-state index in [4.69, 9.17) is 4.42 Å². The Kier molecular flexibility index (Phi) is 6.40. The highest BCUT2D eigenvalue weighted by molar-refractivity contribution is 5.93. The van der Waals surface area contributed by atoms with Crippen molar-refractivity contribution in [3.63, 3.8) is 0 Å². The molecule has 36 heavy (non-hydrogen) atoms. The van der Waals surface area contributed by atoms with Crippen LogP contribution in [0.4, 0.5) is 11.7 Å². The fourth-order valence-corrected chi connectivity index (χ4v) is 4.77. The van der Waals surface area contributed by atoms with E-state index in [1.807, 2.05) is 67.6 Å². The van der Waals surface area contributed by atoms with E-state index in [1.165, 1.54) is 6.08 Å². The summed E-state index contributed by atoms with van der Waals surface area (Å²) in [7, 11) is 0. The number of nitrogens with zero attached hydrogens (tertiary/aromatic N) is 1. The van der Waals surface area contributed by atoms with Crippen LogP contribution in [0, 0.1) is 6.92 Å². The van der Waals surface area contributed by atoms with Crippen molar-refractivity contribution in [2.45, 2.75) is 32.7 Å². The van der Waals surface area contributed by atoms with Gasteiger partial charge in [0, 0.05) is 24.7 Å². The Morgan fingerprint density at radius 2 is 2.00 bits per heavy atom. The highest BCUT2D eigenvalue weighted by atomic mass is 16.4. The van der Waals surface area contributed by atoms with Gasteiger partial charge in [-0.1, -0.05) is 42.5 Å². The van der Waals surface area contributed by atoms with Crippen molar-refractivity contribution in [1.82, 2.24) is 10.3 Å². The number of allylic oxidation sites excluding steroid dienone is 1. The van der Waals surface area contributed by atoms with Gasteiger partial charge in [-0.2, -0.15) is 4.98 Å². The molecule has 3 N–H and O–H groups in total. The number of para-hydroxylation sites is 1. The molecule has 3 aromatic carbocycles. The molecule has 0 radical (unpaired) electrons. The summed E-state index contributed by atoms with van der Waals surface area (Å²) < 4.78 is 5.93. The number of aryl methyl sites for hydroxylation is 1. The molecule has 0 bridgehead atoms. The molecular weight excluding hydrogens is 454 g/mol. The van der Waals surface area contributed by atoms with Crippen LogP contribution in [0.3, 0.4) is 0 Å². The fourth-order valence-electron chi connectivity index (χ4n) is 4.77. The molecular formula is C29H27N3O4. The highest BCUT2D eigenvalue weighted by Gasteiger charge is 2.29. The Labute approximate surface area is 208 Å². The van der Waals surface area contributed by atoms with Gasteiger partial charge < -0.3 is 20.2 Å². The number of fused-ring (bicyclic) bond motifs is 2. The van der Waals surface area contributed by atoms with Gasteiger partial charge in [-0.25, -0.2) is 4.79 Å². The van der Waals surface area contributed by atoms with Crippen molar-refractivity contribution >= 4 is 40.1 Å². The number of nitrogens with one attached hydrogen (secondary N) is 2. The number of Topliss-reactive ketones (excluding diaryl/α,β-unsaturated/α-hetero) is 1. The van der Waals surface area contributed by atoms with Crippen LogP contribution in [0.2, 0.25) is 0 Å². The second-order valence-electron chi connectivity index (χ2n) is 9.09. The molecule has 0 amide bonds. The van der Waals surface area contributed by atoms with E-state index in [0.717, 1.165) is 39.9 Å². The van der Waals surface area contributed by atoms with Crippen LogP contribution in [0.1, 0.15) is 40.8 Å². The molecule has 1 unspecified atom stereocenters. The third-order valence-corrected chi connectivity index (χ3v) is 6.53. The molecule has 1 aliphatic heterocycles. The lowest BCUT2D eigenvalue weighted by atomic mass is 9.84. The van der Waals surface area contributed by atoms with Crippen LogP contribution in [-0.4, -0.2) is 28.4 Å². The molecule has 7 heteroatoms. The van der Waals surface area contributed by atoms with Crippen molar-refractivity contribution in [3.05, 3.63) is 94.6 Å². The average molecular weight is 482 g/mol. The lowest BCUT2D eigenvalue weighted by molar-refractivity contribution is -0.131. The maximum absolute atomic E-state index is 13.5. The summed E-state index contributed by atoms with van der Waals surface area (Å²) in [6.45, 7) is 4.46. The van der Waals surface area contributed by atoms with Gasteiger partial charge in [0.25, 0.3) is 6.01 Å². The zero-order chi connectivity index (χ0) is 25.2. The van der Waals surface area contributed by atoms with Gasteiger partial charge in [0.05, 0.1) is 6.04 Å². The van der Waals surface area contributed by atoms with E-state index in [-0.39, 0.29) is 12.2 Å². The molecule has 0 saturated heterocycles. The number of anilines is 2. The quantitative estimate of drug-likeness (QED) is 0.305. The van der Waals surface area contributed by atoms with E-state index in [0.29, 0.717) is 29.2 Å². The Morgan fingerprint density at radius 3 is 2.81 bits per heavy atom. The third-order valence-electron chi connectivity index (χ3n) is 6.53. The molecule has 0 saturated carbocycles. The van der Waals surface area contributed by atoms with Crippen molar-refractivity contribution in [2.75, 3.05) is 11.9 Å². The minimum Gasteiger partial charge on any atom is -0.478 e. The van der Waals surface area contributed by atoms with E-state index in [9.17, 15) is 14.7 Å². The molecule has 1 aliphatic rings. The number of rotatable bonds is 7. The molecule has 1 atom stereocenters. The Morgan fingerprint density at radius 1 is 1.17 bits per heavy atom. The first-order valence-corrected chi connectivity index (χ1v) is 11.9. The van der Waals surface area contributed by atoms with E-state index >= 15 is 0 Å². The number of carboxylic acids is 1. The summed E-state index contributed by atoms with van der Waals surface area (Å²) in [5.74, 6) is -0.989. The van der Waals surface area contributed by atoms with Crippen LogP contribution in [-0.2, 0) is 22.4 Å². The van der Waals surface area contributed by atoms with Gasteiger partial charge in [-0.15, -0.1) is 0 Å².